The lowest BCUT2D eigenvalue weighted by Gasteiger charge is -2.24. The Bertz CT molecular complexity index is 533. The molecule has 1 aromatic rings. The monoisotopic (exact) mass is 319 g/mol. The van der Waals surface area contributed by atoms with E-state index in [4.69, 9.17) is 9.47 Å². The minimum atomic E-state index is -0.830. The molecule has 0 spiro atoms. The van der Waals surface area contributed by atoms with E-state index in [1.807, 2.05) is 32.0 Å². The number of carbonyl (C=O) groups excluding carboxylic acids is 1. The van der Waals surface area contributed by atoms with Gasteiger partial charge in [-0.15, -0.1) is 0 Å². The number of benzene rings is 1. The average Bonchev–Trinajstić information content (AvgIpc) is 3.01. The lowest BCUT2D eigenvalue weighted by Crippen LogP contribution is -2.40. The van der Waals surface area contributed by atoms with Crippen molar-refractivity contribution in [3.05, 3.63) is 23.8 Å². The van der Waals surface area contributed by atoms with Crippen molar-refractivity contribution >= 4 is 11.6 Å². The van der Waals surface area contributed by atoms with Crippen LogP contribution >= 0.6 is 0 Å². The van der Waals surface area contributed by atoms with Gasteiger partial charge in [-0.2, -0.15) is 0 Å². The summed E-state index contributed by atoms with van der Waals surface area (Å²) in [7, 11) is 0. The number of hydrogen-bond donors (Lipinski definition) is 1. The molecule has 23 heavy (non-hydrogen) atoms. The smallest absolute Gasteiger partial charge is 0.256 e. The van der Waals surface area contributed by atoms with Gasteiger partial charge in [-0.1, -0.05) is 6.92 Å². The Morgan fingerprint density at radius 1 is 1.30 bits per heavy atom. The van der Waals surface area contributed by atoms with Gasteiger partial charge in [0, 0.05) is 12.3 Å². The first-order valence-corrected chi connectivity index (χ1v) is 8.65. The summed E-state index contributed by atoms with van der Waals surface area (Å²) in [5, 5.41) is 2.93. The second kappa shape index (κ2) is 7.82. The van der Waals surface area contributed by atoms with Gasteiger partial charge in [0.05, 0.1) is 6.10 Å². The molecule has 0 unspecified atom stereocenters. The summed E-state index contributed by atoms with van der Waals surface area (Å²) in [6.07, 6.45) is 6.02. The van der Waals surface area contributed by atoms with E-state index < -0.39 is 5.60 Å². The van der Waals surface area contributed by atoms with Gasteiger partial charge in [0.1, 0.15) is 11.4 Å². The van der Waals surface area contributed by atoms with E-state index in [1.165, 1.54) is 12.8 Å². The molecular formula is C19H29NO3. The fourth-order valence-electron chi connectivity index (χ4n) is 2.75. The van der Waals surface area contributed by atoms with Crippen LogP contribution < -0.4 is 10.1 Å². The number of aryl methyl sites for hydroxylation is 1. The van der Waals surface area contributed by atoms with Crippen LogP contribution in [0.25, 0.3) is 0 Å². The molecule has 0 aromatic heterocycles. The van der Waals surface area contributed by atoms with Gasteiger partial charge < -0.3 is 14.8 Å². The third kappa shape index (κ3) is 4.96. The average molecular weight is 319 g/mol. The van der Waals surface area contributed by atoms with Crippen LogP contribution in [-0.4, -0.2) is 24.2 Å². The fraction of sp³-hybridized carbons (Fsp3) is 0.632. The molecule has 0 bridgehead atoms. The van der Waals surface area contributed by atoms with Crippen molar-refractivity contribution in [2.45, 2.75) is 71.5 Å². The number of nitrogens with one attached hydrogen (secondary N) is 1. The zero-order chi connectivity index (χ0) is 16.9. The van der Waals surface area contributed by atoms with Crippen LogP contribution in [-0.2, 0) is 9.53 Å². The Kier molecular flexibility index (Phi) is 6.05. The van der Waals surface area contributed by atoms with E-state index in [-0.39, 0.29) is 5.91 Å². The first kappa shape index (κ1) is 17.8. The van der Waals surface area contributed by atoms with Crippen molar-refractivity contribution < 1.29 is 14.3 Å². The third-order valence-corrected chi connectivity index (χ3v) is 4.24. The molecular weight excluding hydrogens is 290 g/mol. The molecule has 2 rings (SSSR count). The van der Waals surface area contributed by atoms with Gasteiger partial charge >= 0.3 is 0 Å². The third-order valence-electron chi connectivity index (χ3n) is 4.24. The van der Waals surface area contributed by atoms with Crippen molar-refractivity contribution in [3.63, 3.8) is 0 Å². The molecule has 1 saturated carbocycles. The zero-order valence-corrected chi connectivity index (χ0v) is 14.8. The molecule has 1 N–H and O–H groups in total. The van der Waals surface area contributed by atoms with Crippen LogP contribution in [0.2, 0.25) is 0 Å². The van der Waals surface area contributed by atoms with Crippen LogP contribution in [0.1, 0.15) is 58.4 Å². The lowest BCUT2D eigenvalue weighted by atomic mass is 10.1. The molecule has 4 nitrogen and oxygen atoms in total. The van der Waals surface area contributed by atoms with Gasteiger partial charge in [0.2, 0.25) is 0 Å². The van der Waals surface area contributed by atoms with E-state index in [0.717, 1.165) is 36.3 Å². The van der Waals surface area contributed by atoms with Crippen LogP contribution in [0.4, 0.5) is 5.69 Å². The highest BCUT2D eigenvalue weighted by Crippen LogP contribution is 2.28. The van der Waals surface area contributed by atoms with Crippen molar-refractivity contribution in [2.24, 2.45) is 0 Å². The fourth-order valence-corrected chi connectivity index (χ4v) is 2.75. The molecule has 0 radical (unpaired) electrons. The Labute approximate surface area is 139 Å². The molecule has 4 heteroatoms. The molecule has 128 valence electrons. The summed E-state index contributed by atoms with van der Waals surface area (Å²) in [5.41, 5.74) is 0.990. The predicted octanol–water partition coefficient (Wildman–Crippen LogP) is 4.46. The van der Waals surface area contributed by atoms with E-state index in [9.17, 15) is 4.79 Å². The van der Waals surface area contributed by atoms with Gasteiger partial charge in [-0.05, 0) is 76.6 Å². The van der Waals surface area contributed by atoms with E-state index in [1.54, 1.807) is 13.8 Å². The maximum atomic E-state index is 12.3. The zero-order valence-electron chi connectivity index (χ0n) is 14.8. The topological polar surface area (TPSA) is 47.6 Å². The van der Waals surface area contributed by atoms with Crippen LogP contribution in [0.5, 0.6) is 5.75 Å². The van der Waals surface area contributed by atoms with Crippen LogP contribution in [0, 0.1) is 6.92 Å². The summed E-state index contributed by atoms with van der Waals surface area (Å²) < 4.78 is 11.7. The maximum Gasteiger partial charge on any atom is 0.256 e. The molecule has 0 atom stereocenters. The molecule has 1 aromatic carbocycles. The Morgan fingerprint density at radius 3 is 2.61 bits per heavy atom. The summed E-state index contributed by atoms with van der Waals surface area (Å²) in [4.78, 5) is 12.3. The van der Waals surface area contributed by atoms with Crippen LogP contribution in [0.3, 0.4) is 0 Å². The Morgan fingerprint density at radius 2 is 2.00 bits per heavy atom. The van der Waals surface area contributed by atoms with Crippen LogP contribution in [0.15, 0.2) is 18.2 Å². The molecule has 0 heterocycles. The first-order chi connectivity index (χ1) is 10.9. The van der Waals surface area contributed by atoms with Crippen molar-refractivity contribution in [2.75, 3.05) is 11.9 Å². The minimum Gasteiger partial charge on any atom is -0.490 e. The van der Waals surface area contributed by atoms with Gasteiger partial charge in [0.25, 0.3) is 5.91 Å². The van der Waals surface area contributed by atoms with Crippen molar-refractivity contribution in [1.29, 1.82) is 0 Å². The van der Waals surface area contributed by atoms with E-state index in [0.29, 0.717) is 12.7 Å². The second-order valence-corrected chi connectivity index (χ2v) is 6.82. The molecule has 1 amide bonds. The lowest BCUT2D eigenvalue weighted by molar-refractivity contribution is -0.137. The molecule has 1 fully saturated rings. The largest absolute Gasteiger partial charge is 0.490 e. The number of ether oxygens (including phenoxy) is 2. The summed E-state index contributed by atoms with van der Waals surface area (Å²) in [6.45, 7) is 8.21. The standard InChI is InChI=1S/C19H29NO3/c1-5-12-22-19(3,4)18(21)20-15-10-11-17(14(2)13-15)23-16-8-6-7-9-16/h10-11,13,16H,5-9,12H2,1-4H3,(H,20,21). The second-order valence-electron chi connectivity index (χ2n) is 6.82. The highest BCUT2D eigenvalue weighted by Gasteiger charge is 2.28. The SMILES string of the molecule is CCCOC(C)(C)C(=O)Nc1ccc(OC2CCCC2)c(C)c1. The maximum absolute atomic E-state index is 12.3. The number of rotatable bonds is 7. The highest BCUT2D eigenvalue weighted by molar-refractivity contribution is 5.96. The normalized spacial score (nSPS) is 15.7. The van der Waals surface area contributed by atoms with Crippen molar-refractivity contribution in [3.8, 4) is 5.75 Å². The number of anilines is 1. The Hall–Kier alpha value is -1.55. The highest BCUT2D eigenvalue weighted by atomic mass is 16.5. The molecule has 1 aliphatic rings. The number of hydrogen-bond acceptors (Lipinski definition) is 3. The van der Waals surface area contributed by atoms with Gasteiger partial charge in [0.15, 0.2) is 0 Å². The quantitative estimate of drug-likeness (QED) is 0.807. The first-order valence-electron chi connectivity index (χ1n) is 8.65. The minimum absolute atomic E-state index is 0.130. The Balaban J connectivity index is 1.98. The summed E-state index contributed by atoms with van der Waals surface area (Å²) in [6, 6.07) is 5.80. The summed E-state index contributed by atoms with van der Waals surface area (Å²) in [5.74, 6) is 0.784. The van der Waals surface area contributed by atoms with E-state index in [2.05, 4.69) is 5.32 Å². The number of carbonyl (C=O) groups is 1. The summed E-state index contributed by atoms with van der Waals surface area (Å²) >= 11 is 0. The molecule has 0 aliphatic heterocycles. The van der Waals surface area contributed by atoms with Gasteiger partial charge in [-0.3, -0.25) is 4.79 Å². The molecule has 0 saturated heterocycles. The van der Waals surface area contributed by atoms with E-state index >= 15 is 0 Å². The number of amides is 1. The molecule has 1 aliphatic carbocycles. The van der Waals surface area contributed by atoms with Gasteiger partial charge in [-0.25, -0.2) is 0 Å². The van der Waals surface area contributed by atoms with Crippen molar-refractivity contribution in [1.82, 2.24) is 0 Å². The predicted molar refractivity (Wildman–Crippen MR) is 93.0 cm³/mol.